The van der Waals surface area contributed by atoms with Crippen molar-refractivity contribution in [1.82, 2.24) is 10.6 Å². The van der Waals surface area contributed by atoms with Gasteiger partial charge in [0.2, 0.25) is 0 Å². The topological polar surface area (TPSA) is 78.1 Å². The van der Waals surface area contributed by atoms with Crippen molar-refractivity contribution in [3.63, 3.8) is 0 Å². The summed E-state index contributed by atoms with van der Waals surface area (Å²) in [5.74, 6) is 0.227. The van der Waals surface area contributed by atoms with E-state index >= 15 is 0 Å². The van der Waals surface area contributed by atoms with Gasteiger partial charge in [-0.25, -0.2) is 0 Å². The van der Waals surface area contributed by atoms with E-state index in [0.717, 1.165) is 6.42 Å². The quantitative estimate of drug-likeness (QED) is 0.625. The molecule has 0 spiro atoms. The molecular formula is C17H25N3O2. The molecule has 2 N–H and O–H groups in total. The minimum atomic E-state index is -0.419. The molecule has 0 aliphatic rings. The van der Waals surface area contributed by atoms with Crippen molar-refractivity contribution in [2.45, 2.75) is 53.1 Å². The summed E-state index contributed by atoms with van der Waals surface area (Å²) in [6.07, 6.45) is 3.94. The fourth-order valence-corrected chi connectivity index (χ4v) is 2.47. The van der Waals surface area contributed by atoms with Crippen LogP contribution in [-0.4, -0.2) is 11.4 Å². The second kappa shape index (κ2) is 7.17. The zero-order chi connectivity index (χ0) is 16.8. The van der Waals surface area contributed by atoms with E-state index in [-0.39, 0.29) is 23.1 Å². The lowest BCUT2D eigenvalue weighted by molar-refractivity contribution is -0.117. The molecule has 1 aromatic heterocycles. The van der Waals surface area contributed by atoms with Crippen LogP contribution in [0.25, 0.3) is 0 Å². The molecule has 0 aliphatic heterocycles. The van der Waals surface area contributed by atoms with E-state index in [1.807, 2.05) is 19.9 Å². The predicted octanol–water partition coefficient (Wildman–Crippen LogP) is 3.11. The first-order chi connectivity index (χ1) is 10.1. The number of hydrogen-bond donors (Lipinski definition) is 2. The van der Waals surface area contributed by atoms with Crippen molar-refractivity contribution in [2.24, 2.45) is 5.41 Å². The molecule has 0 radical (unpaired) electrons. The fourth-order valence-electron chi connectivity index (χ4n) is 2.47. The van der Waals surface area contributed by atoms with Crippen LogP contribution in [0.4, 0.5) is 0 Å². The third-order valence-electron chi connectivity index (χ3n) is 2.95. The van der Waals surface area contributed by atoms with Crippen LogP contribution < -0.4 is 10.6 Å². The standard InChI is InChI=1S/C17H25N3O2/c1-16(2,3)12-17(4,5)20-10-13(9-18)15(21)19-11-14-7-6-8-22-14/h6-8,10,20H,11-12H2,1-5H3,(H,19,21)/b13-10-. The van der Waals surface area contributed by atoms with Gasteiger partial charge in [-0.3, -0.25) is 4.79 Å². The molecule has 1 aromatic rings. The maximum atomic E-state index is 12.0. The summed E-state index contributed by atoms with van der Waals surface area (Å²) in [6, 6.07) is 5.44. The molecule has 22 heavy (non-hydrogen) atoms. The fraction of sp³-hybridized carbons (Fsp3) is 0.529. The Morgan fingerprint density at radius 3 is 2.55 bits per heavy atom. The Hall–Kier alpha value is -2.22. The van der Waals surface area contributed by atoms with Gasteiger partial charge in [-0.15, -0.1) is 0 Å². The van der Waals surface area contributed by atoms with Crippen molar-refractivity contribution in [2.75, 3.05) is 0 Å². The molecule has 5 heteroatoms. The van der Waals surface area contributed by atoms with E-state index in [1.54, 1.807) is 18.4 Å². The molecule has 0 unspecified atom stereocenters. The number of nitrogens with zero attached hydrogens (tertiary/aromatic N) is 1. The summed E-state index contributed by atoms with van der Waals surface area (Å²) in [6.45, 7) is 10.8. The Morgan fingerprint density at radius 1 is 1.36 bits per heavy atom. The van der Waals surface area contributed by atoms with E-state index in [9.17, 15) is 4.79 Å². The van der Waals surface area contributed by atoms with Gasteiger partial charge in [-0.1, -0.05) is 20.8 Å². The van der Waals surface area contributed by atoms with Gasteiger partial charge >= 0.3 is 0 Å². The summed E-state index contributed by atoms with van der Waals surface area (Å²) in [4.78, 5) is 12.0. The molecule has 120 valence electrons. The number of carbonyl (C=O) groups is 1. The van der Waals surface area contributed by atoms with Crippen LogP contribution in [0.5, 0.6) is 0 Å². The van der Waals surface area contributed by atoms with E-state index in [2.05, 4.69) is 31.4 Å². The zero-order valence-electron chi connectivity index (χ0n) is 14.0. The highest BCUT2D eigenvalue weighted by atomic mass is 16.3. The SMILES string of the molecule is CC(C)(C)CC(C)(C)N/C=C(/C#N)C(=O)NCc1ccco1. The lowest BCUT2D eigenvalue weighted by atomic mass is 9.82. The van der Waals surface area contributed by atoms with Crippen molar-refractivity contribution in [1.29, 1.82) is 5.26 Å². The van der Waals surface area contributed by atoms with E-state index in [0.29, 0.717) is 5.76 Å². The second-order valence-corrected chi connectivity index (χ2v) is 7.20. The molecule has 0 bridgehead atoms. The highest BCUT2D eigenvalue weighted by Crippen LogP contribution is 2.26. The Kier molecular flexibility index (Phi) is 5.81. The lowest BCUT2D eigenvalue weighted by Gasteiger charge is -2.33. The van der Waals surface area contributed by atoms with Crippen LogP contribution in [0.1, 0.15) is 46.8 Å². The molecule has 5 nitrogen and oxygen atoms in total. The summed E-state index contributed by atoms with van der Waals surface area (Å²) < 4.78 is 5.13. The number of carbonyl (C=O) groups excluding carboxylic acids is 1. The molecule has 0 saturated carbocycles. The van der Waals surface area contributed by atoms with Crippen LogP contribution in [-0.2, 0) is 11.3 Å². The molecule has 0 atom stereocenters. The first-order valence-corrected chi connectivity index (χ1v) is 7.31. The molecule has 0 aliphatic carbocycles. The molecule has 1 heterocycles. The van der Waals surface area contributed by atoms with Gasteiger partial charge < -0.3 is 15.1 Å². The van der Waals surface area contributed by atoms with E-state index < -0.39 is 5.91 Å². The first-order valence-electron chi connectivity index (χ1n) is 7.31. The highest BCUT2D eigenvalue weighted by Gasteiger charge is 2.24. The molecule has 0 saturated heterocycles. The number of hydrogen-bond acceptors (Lipinski definition) is 4. The normalized spacial score (nSPS) is 12.6. The second-order valence-electron chi connectivity index (χ2n) is 7.20. The van der Waals surface area contributed by atoms with Crippen LogP contribution in [0.15, 0.2) is 34.6 Å². The van der Waals surface area contributed by atoms with E-state index in [1.165, 1.54) is 6.20 Å². The summed E-state index contributed by atoms with van der Waals surface area (Å²) >= 11 is 0. The van der Waals surface area contributed by atoms with Crippen LogP contribution >= 0.6 is 0 Å². The van der Waals surface area contributed by atoms with Gasteiger partial charge in [0.05, 0.1) is 12.8 Å². The maximum absolute atomic E-state index is 12.0. The first kappa shape index (κ1) is 17.8. The molecule has 1 amide bonds. The van der Waals surface area contributed by atoms with Gasteiger partial charge in [0.1, 0.15) is 17.4 Å². The van der Waals surface area contributed by atoms with Crippen LogP contribution in [0.2, 0.25) is 0 Å². The van der Waals surface area contributed by atoms with Gasteiger partial charge in [-0.05, 0) is 37.8 Å². The van der Waals surface area contributed by atoms with Gasteiger partial charge in [0.25, 0.3) is 5.91 Å². The minimum Gasteiger partial charge on any atom is -0.467 e. The summed E-state index contributed by atoms with van der Waals surface area (Å²) in [5, 5.41) is 15.0. The molecule has 0 aromatic carbocycles. The highest BCUT2D eigenvalue weighted by molar-refractivity contribution is 5.97. The number of nitrogens with one attached hydrogen (secondary N) is 2. The van der Waals surface area contributed by atoms with Crippen LogP contribution in [0, 0.1) is 16.7 Å². The number of rotatable bonds is 6. The number of nitriles is 1. The number of furan rings is 1. The average molecular weight is 303 g/mol. The molecule has 1 rings (SSSR count). The Bertz CT molecular complexity index is 558. The Morgan fingerprint density at radius 2 is 2.05 bits per heavy atom. The van der Waals surface area contributed by atoms with Crippen LogP contribution in [0.3, 0.4) is 0 Å². The predicted molar refractivity (Wildman–Crippen MR) is 85.5 cm³/mol. The third kappa shape index (κ3) is 6.49. The van der Waals surface area contributed by atoms with Crippen molar-refractivity contribution >= 4 is 5.91 Å². The van der Waals surface area contributed by atoms with E-state index in [4.69, 9.17) is 9.68 Å². The largest absolute Gasteiger partial charge is 0.467 e. The van der Waals surface area contributed by atoms with Crippen molar-refractivity contribution in [3.8, 4) is 6.07 Å². The average Bonchev–Trinajstić information content (AvgIpc) is 2.87. The summed E-state index contributed by atoms with van der Waals surface area (Å²) in [5.41, 5.74) is -0.00565. The number of amides is 1. The van der Waals surface area contributed by atoms with Crippen molar-refractivity contribution < 1.29 is 9.21 Å². The van der Waals surface area contributed by atoms with Gasteiger partial charge in [-0.2, -0.15) is 5.26 Å². The Labute approximate surface area is 132 Å². The lowest BCUT2D eigenvalue weighted by Crippen LogP contribution is -2.40. The monoisotopic (exact) mass is 303 g/mol. The van der Waals surface area contributed by atoms with Gasteiger partial charge in [0, 0.05) is 11.7 Å². The van der Waals surface area contributed by atoms with Crippen molar-refractivity contribution in [3.05, 3.63) is 35.9 Å². The summed E-state index contributed by atoms with van der Waals surface area (Å²) in [7, 11) is 0. The minimum absolute atomic E-state index is 0.0496. The molecular weight excluding hydrogens is 278 g/mol. The van der Waals surface area contributed by atoms with Gasteiger partial charge in [0.15, 0.2) is 0 Å². The third-order valence-corrected chi connectivity index (χ3v) is 2.95. The Balaban J connectivity index is 2.62. The molecule has 0 fully saturated rings. The smallest absolute Gasteiger partial charge is 0.263 e. The zero-order valence-corrected chi connectivity index (χ0v) is 14.0. The maximum Gasteiger partial charge on any atom is 0.263 e.